The number of aromatic nitrogens is 4. The van der Waals surface area contributed by atoms with Gasteiger partial charge >= 0.3 is 5.97 Å². The van der Waals surface area contributed by atoms with Crippen molar-refractivity contribution in [2.45, 2.75) is 57.3 Å². The molecule has 0 unspecified atom stereocenters. The zero-order valence-electron chi connectivity index (χ0n) is 32.9. The molecule has 14 nitrogen and oxygen atoms in total. The minimum Gasteiger partial charge on any atom is -0.497 e. The summed E-state index contributed by atoms with van der Waals surface area (Å²) in [5.74, 6) is -0.451. The quantitative estimate of drug-likeness (QED) is 0.0902. The van der Waals surface area contributed by atoms with E-state index in [1.54, 1.807) is 65.4 Å². The van der Waals surface area contributed by atoms with Crippen LogP contribution in [0.2, 0.25) is 0 Å². The van der Waals surface area contributed by atoms with Crippen molar-refractivity contribution in [2.75, 3.05) is 30.0 Å². The number of rotatable bonds is 17. The Balaban J connectivity index is 0.000000225. The number of carboxylic acids is 1. The monoisotopic (exact) mass is 855 g/mol. The largest absolute Gasteiger partial charge is 0.497 e. The number of ether oxygens (including phenoxy) is 1. The molecule has 59 heavy (non-hydrogen) atoms. The lowest BCUT2D eigenvalue weighted by atomic mass is 10.1. The molecule has 0 aliphatic rings. The third kappa shape index (κ3) is 12.3. The molecule has 0 saturated heterocycles. The molecule has 6 rings (SSSR count). The molecule has 6 aromatic rings. The van der Waals surface area contributed by atoms with Gasteiger partial charge in [-0.2, -0.15) is 0 Å². The van der Waals surface area contributed by atoms with Crippen LogP contribution in [-0.2, 0) is 21.2 Å². The van der Waals surface area contributed by atoms with Crippen molar-refractivity contribution in [3.63, 3.8) is 0 Å². The van der Waals surface area contributed by atoms with Gasteiger partial charge in [0.1, 0.15) is 15.8 Å². The number of aryl methyl sites for hydroxylation is 1. The van der Waals surface area contributed by atoms with Gasteiger partial charge in [0, 0.05) is 41.8 Å². The Morgan fingerprint density at radius 3 is 1.69 bits per heavy atom. The molecule has 2 amide bonds. The van der Waals surface area contributed by atoms with Crippen LogP contribution >= 0.6 is 22.7 Å². The van der Waals surface area contributed by atoms with Gasteiger partial charge in [-0.3, -0.25) is 24.2 Å². The number of hydrogen-bond acceptors (Lipinski definition) is 12. The Kier molecular flexibility index (Phi) is 15.9. The number of amides is 2. The SMILES string of the molecule is CCCCN(C(=O)c1cccc(OC)c1)c1nnc(-c2ccc(CCC(=O)O)cc2)s1.CCCCN(C(=O)c1ccccc1)c1nnc(-c2ccc(S(N)(=O)=O)cc2)s1. The predicted octanol–water partition coefficient (Wildman–Crippen LogP) is 7.98. The maximum atomic E-state index is 13.2. The lowest BCUT2D eigenvalue weighted by Crippen LogP contribution is -2.31. The fourth-order valence-corrected chi connectivity index (χ4v) is 7.85. The topological polar surface area (TPSA) is 199 Å². The summed E-state index contributed by atoms with van der Waals surface area (Å²) in [5.41, 5.74) is 3.67. The third-order valence-corrected chi connectivity index (χ3v) is 11.8. The summed E-state index contributed by atoms with van der Waals surface area (Å²) in [5, 5.41) is 33.2. The number of unbranched alkanes of at least 4 members (excludes halogenated alkanes) is 2. The molecule has 0 saturated carbocycles. The van der Waals surface area contributed by atoms with Crippen LogP contribution in [0, 0.1) is 0 Å². The normalized spacial score (nSPS) is 11.0. The molecule has 0 bridgehead atoms. The van der Waals surface area contributed by atoms with Crippen molar-refractivity contribution in [2.24, 2.45) is 5.14 Å². The highest BCUT2D eigenvalue weighted by atomic mass is 32.2. The van der Waals surface area contributed by atoms with E-state index in [1.165, 1.54) is 34.8 Å². The first-order valence-corrected chi connectivity index (χ1v) is 22.0. The number of methoxy groups -OCH3 is 1. The van der Waals surface area contributed by atoms with Gasteiger partial charge in [0.15, 0.2) is 0 Å². The molecule has 0 aliphatic carbocycles. The van der Waals surface area contributed by atoms with E-state index < -0.39 is 16.0 Å². The second-order valence-electron chi connectivity index (χ2n) is 13.2. The van der Waals surface area contributed by atoms with Crippen LogP contribution in [-0.4, -0.2) is 71.9 Å². The van der Waals surface area contributed by atoms with Crippen molar-refractivity contribution >= 4 is 60.7 Å². The van der Waals surface area contributed by atoms with Crippen LogP contribution in [0.25, 0.3) is 21.1 Å². The number of carboxylic acid groups (broad SMARTS) is 1. The van der Waals surface area contributed by atoms with Crippen molar-refractivity contribution in [3.05, 3.63) is 120 Å². The minimum absolute atomic E-state index is 0.0322. The highest BCUT2D eigenvalue weighted by molar-refractivity contribution is 7.89. The zero-order chi connectivity index (χ0) is 42.4. The number of anilines is 2. The molecule has 308 valence electrons. The van der Waals surface area contributed by atoms with E-state index in [2.05, 4.69) is 34.2 Å². The second-order valence-corrected chi connectivity index (χ2v) is 16.6. The number of hydrogen-bond donors (Lipinski definition) is 2. The predicted molar refractivity (Wildman–Crippen MR) is 231 cm³/mol. The van der Waals surface area contributed by atoms with Gasteiger partial charge in [-0.25, -0.2) is 13.6 Å². The summed E-state index contributed by atoms with van der Waals surface area (Å²) >= 11 is 2.64. The van der Waals surface area contributed by atoms with Crippen LogP contribution in [0.5, 0.6) is 5.75 Å². The first-order chi connectivity index (χ1) is 28.4. The molecule has 3 N–H and O–H groups in total. The van der Waals surface area contributed by atoms with Gasteiger partial charge in [-0.05, 0) is 67.3 Å². The van der Waals surface area contributed by atoms with Gasteiger partial charge in [-0.15, -0.1) is 20.4 Å². The van der Waals surface area contributed by atoms with Crippen molar-refractivity contribution < 1.29 is 32.6 Å². The van der Waals surface area contributed by atoms with Gasteiger partial charge in [0.05, 0.1) is 12.0 Å². The van der Waals surface area contributed by atoms with E-state index in [1.807, 2.05) is 42.5 Å². The lowest BCUT2D eigenvalue weighted by molar-refractivity contribution is -0.136. The van der Waals surface area contributed by atoms with Crippen molar-refractivity contribution in [1.82, 2.24) is 20.4 Å². The second kappa shape index (κ2) is 21.2. The summed E-state index contributed by atoms with van der Waals surface area (Å²) < 4.78 is 28.0. The average Bonchev–Trinajstić information content (AvgIpc) is 3.95. The van der Waals surface area contributed by atoms with E-state index in [-0.39, 0.29) is 23.1 Å². The van der Waals surface area contributed by atoms with E-state index in [0.717, 1.165) is 36.8 Å². The number of carbonyl (C=O) groups is 3. The molecular weight excluding hydrogens is 811 g/mol. The summed E-state index contributed by atoms with van der Waals surface area (Å²) in [6.07, 6.45) is 4.17. The van der Waals surface area contributed by atoms with E-state index in [9.17, 15) is 22.8 Å². The standard InChI is InChI=1S/C23H25N3O4S.C19H20N4O3S2/c1-3-4-14-26(22(29)18-6-5-7-19(15-18)30-2)23-25-24-21(31-23)17-11-8-16(9-12-17)10-13-20(27)28;1-2-3-13-23(18(24)15-7-5-4-6-8-15)19-22-21-17(27-19)14-9-11-16(12-10-14)28(20,25)26/h5-9,11-12,15H,3-4,10,13-14H2,1-2H3,(H,27,28);4-12H,2-3,13H2,1H3,(H2,20,25,26). The van der Waals surface area contributed by atoms with E-state index in [0.29, 0.717) is 62.2 Å². The third-order valence-electron chi connectivity index (χ3n) is 8.85. The highest BCUT2D eigenvalue weighted by Crippen LogP contribution is 2.32. The summed E-state index contributed by atoms with van der Waals surface area (Å²) in [7, 11) is -2.18. The van der Waals surface area contributed by atoms with Gasteiger partial charge in [0.2, 0.25) is 20.3 Å². The average molecular weight is 856 g/mol. The summed E-state index contributed by atoms with van der Waals surface area (Å²) in [4.78, 5) is 40.2. The Bertz CT molecular complexity index is 2420. The van der Waals surface area contributed by atoms with Crippen LogP contribution < -0.4 is 19.7 Å². The molecule has 4 aromatic carbocycles. The summed E-state index contributed by atoms with van der Waals surface area (Å²) in [6.45, 7) is 5.23. The molecule has 2 heterocycles. The Morgan fingerprint density at radius 2 is 1.20 bits per heavy atom. The summed E-state index contributed by atoms with van der Waals surface area (Å²) in [6, 6.07) is 29.8. The number of nitrogens with zero attached hydrogens (tertiary/aromatic N) is 6. The van der Waals surface area contributed by atoms with E-state index in [4.69, 9.17) is 15.0 Å². The van der Waals surface area contributed by atoms with Crippen LogP contribution in [0.1, 0.15) is 72.2 Å². The minimum atomic E-state index is -3.75. The van der Waals surface area contributed by atoms with Gasteiger partial charge in [-0.1, -0.05) is 110 Å². The molecule has 2 aromatic heterocycles. The molecule has 0 fully saturated rings. The molecule has 0 radical (unpaired) electrons. The highest BCUT2D eigenvalue weighted by Gasteiger charge is 2.23. The van der Waals surface area contributed by atoms with Crippen LogP contribution in [0.3, 0.4) is 0 Å². The molecule has 0 spiro atoms. The Morgan fingerprint density at radius 1 is 0.695 bits per heavy atom. The number of sulfonamides is 1. The number of carbonyl (C=O) groups excluding carboxylic acids is 2. The Hall–Kier alpha value is -5.88. The molecule has 0 atom stereocenters. The molecular formula is C42H45N7O7S3. The number of aliphatic carboxylic acids is 1. The first-order valence-electron chi connectivity index (χ1n) is 18.9. The number of benzene rings is 4. The molecule has 17 heteroatoms. The first kappa shape index (κ1) is 44.2. The van der Waals surface area contributed by atoms with Gasteiger partial charge < -0.3 is 9.84 Å². The molecule has 0 aliphatic heterocycles. The number of nitrogens with two attached hydrogens (primary N) is 1. The fourth-order valence-electron chi connectivity index (χ4n) is 5.58. The Labute approximate surface area is 351 Å². The zero-order valence-corrected chi connectivity index (χ0v) is 35.3. The van der Waals surface area contributed by atoms with Crippen molar-refractivity contribution in [3.8, 4) is 26.9 Å². The van der Waals surface area contributed by atoms with Gasteiger partial charge in [0.25, 0.3) is 11.8 Å². The van der Waals surface area contributed by atoms with E-state index >= 15 is 0 Å². The maximum absolute atomic E-state index is 13.2. The maximum Gasteiger partial charge on any atom is 0.303 e. The lowest BCUT2D eigenvalue weighted by Gasteiger charge is -2.19. The number of primary sulfonamides is 1. The van der Waals surface area contributed by atoms with Crippen molar-refractivity contribution in [1.29, 1.82) is 0 Å². The van der Waals surface area contributed by atoms with Crippen LogP contribution in [0.4, 0.5) is 10.3 Å². The smallest absolute Gasteiger partial charge is 0.303 e. The fraction of sp³-hybridized carbons (Fsp3) is 0.262. The van der Waals surface area contributed by atoms with Crippen LogP contribution in [0.15, 0.2) is 108 Å².